The minimum atomic E-state index is -0.833. The summed E-state index contributed by atoms with van der Waals surface area (Å²) in [6, 6.07) is 0. The normalized spacial score (nSPS) is 5.00. The van der Waals surface area contributed by atoms with Crippen molar-refractivity contribution in [2.24, 2.45) is 0 Å². The van der Waals surface area contributed by atoms with Crippen molar-refractivity contribution in [2.75, 3.05) is 0 Å². The van der Waals surface area contributed by atoms with Crippen LogP contribution < -0.4 is 0 Å². The first kappa shape index (κ1) is 22.5. The third-order valence-corrected chi connectivity index (χ3v) is 0. The van der Waals surface area contributed by atoms with Gasteiger partial charge in [0.05, 0.1) is 0 Å². The van der Waals surface area contributed by atoms with Crippen LogP contribution in [0.3, 0.4) is 0 Å². The molecule has 0 aromatic rings. The monoisotopic (exact) mass is 248 g/mol. The van der Waals surface area contributed by atoms with Gasteiger partial charge in [0.15, 0.2) is 0 Å². The van der Waals surface area contributed by atoms with Crippen LogP contribution in [-0.2, 0) is 48.5 Å². The van der Waals surface area contributed by atoms with Gasteiger partial charge >= 0.3 is 39.0 Å². The topological polar surface area (TPSA) is 74.6 Å². The van der Waals surface area contributed by atoms with Crippen molar-refractivity contribution in [1.82, 2.24) is 0 Å². The zero-order valence-corrected chi connectivity index (χ0v) is 12.1. The molecule has 0 aliphatic heterocycles. The fraction of sp³-hybridized carbons (Fsp3) is 0.500. The smallest absolute Gasteiger partial charge is 0.481 e. The van der Waals surface area contributed by atoms with Crippen molar-refractivity contribution in [3.8, 4) is 0 Å². The summed E-state index contributed by atoms with van der Waals surface area (Å²) in [7, 11) is 0. The third kappa shape index (κ3) is 12100. The second kappa shape index (κ2) is 16.1. The summed E-state index contributed by atoms with van der Waals surface area (Å²) in [5.41, 5.74) is 0. The van der Waals surface area contributed by atoms with Crippen molar-refractivity contribution >= 4 is 11.9 Å². The quantitative estimate of drug-likeness (QED) is 0.602. The molecule has 0 aliphatic rings. The molecule has 6 heteroatoms. The predicted molar refractivity (Wildman–Crippen MR) is 26.6 cm³/mol. The summed E-state index contributed by atoms with van der Waals surface area (Å²) in [5, 5.41) is 14.8. The second-order valence-electron chi connectivity index (χ2n) is 1.04. The van der Waals surface area contributed by atoms with Crippen molar-refractivity contribution in [2.45, 2.75) is 13.8 Å². The van der Waals surface area contributed by atoms with E-state index in [0.29, 0.717) is 0 Å². The van der Waals surface area contributed by atoms with Crippen LogP contribution in [0.2, 0.25) is 0 Å². The molecule has 10 heavy (non-hydrogen) atoms. The molecule has 0 amide bonds. The molecule has 0 aromatic heterocycles. The molecule has 0 saturated carbocycles. The first-order chi connectivity index (χ1) is 3.46. The minimum absolute atomic E-state index is 0. The van der Waals surface area contributed by atoms with E-state index in [1.807, 2.05) is 0 Å². The SMILES string of the molecule is CC(=O)O.CC(=O)O.[Zn+2].[Zn+2]. The first-order valence-electron chi connectivity index (χ1n) is 1.86. The number of carboxylic acid groups (broad SMARTS) is 2. The van der Waals surface area contributed by atoms with E-state index in [-0.39, 0.29) is 39.0 Å². The van der Waals surface area contributed by atoms with Crippen LogP contribution in [0.15, 0.2) is 0 Å². The van der Waals surface area contributed by atoms with E-state index in [0.717, 1.165) is 13.8 Å². The Morgan fingerprint density at radius 2 is 0.900 bits per heavy atom. The van der Waals surface area contributed by atoms with E-state index in [4.69, 9.17) is 19.8 Å². The van der Waals surface area contributed by atoms with Gasteiger partial charge in [0, 0.05) is 13.8 Å². The number of hydrogen-bond acceptors (Lipinski definition) is 2. The molecule has 0 unspecified atom stereocenters. The maximum Gasteiger partial charge on any atom is 2.00 e. The summed E-state index contributed by atoms with van der Waals surface area (Å²) in [6.07, 6.45) is 0. The summed E-state index contributed by atoms with van der Waals surface area (Å²) in [6.45, 7) is 2.17. The molecule has 2 N–H and O–H groups in total. The summed E-state index contributed by atoms with van der Waals surface area (Å²) in [5.74, 6) is -1.67. The second-order valence-corrected chi connectivity index (χ2v) is 1.04. The van der Waals surface area contributed by atoms with Gasteiger partial charge < -0.3 is 10.2 Å². The molecule has 0 aromatic carbocycles. The van der Waals surface area contributed by atoms with E-state index < -0.39 is 11.9 Å². The van der Waals surface area contributed by atoms with Crippen molar-refractivity contribution < 1.29 is 58.8 Å². The Labute approximate surface area is 84.5 Å². The standard InChI is InChI=1S/2C2H4O2.2Zn/c2*1-2(3)4;;/h2*1H3,(H,3,4);;/q;;2*+2. The minimum Gasteiger partial charge on any atom is -0.481 e. The average molecular weight is 251 g/mol. The van der Waals surface area contributed by atoms with Crippen LogP contribution in [0.25, 0.3) is 0 Å². The molecule has 0 aliphatic carbocycles. The van der Waals surface area contributed by atoms with Crippen LogP contribution in [0.1, 0.15) is 13.8 Å². The third-order valence-electron chi connectivity index (χ3n) is 0. The molecule has 0 fully saturated rings. The fourth-order valence-corrected chi connectivity index (χ4v) is 0. The number of carboxylic acids is 2. The largest absolute Gasteiger partial charge is 2.00 e. The molecular formula is C4H8O4Zn2+4. The van der Waals surface area contributed by atoms with Crippen LogP contribution in [-0.4, -0.2) is 22.2 Å². The summed E-state index contributed by atoms with van der Waals surface area (Å²) in [4.78, 5) is 18.0. The zero-order valence-electron chi connectivity index (χ0n) is 6.13. The van der Waals surface area contributed by atoms with E-state index in [1.165, 1.54) is 0 Å². The molecule has 0 atom stereocenters. The van der Waals surface area contributed by atoms with E-state index in [1.54, 1.807) is 0 Å². The number of rotatable bonds is 0. The molecule has 0 rings (SSSR count). The number of hydrogen-bond donors (Lipinski definition) is 2. The van der Waals surface area contributed by atoms with Gasteiger partial charge in [-0.05, 0) is 0 Å². The van der Waals surface area contributed by atoms with E-state index in [9.17, 15) is 0 Å². The van der Waals surface area contributed by atoms with Gasteiger partial charge in [0.25, 0.3) is 11.9 Å². The molecule has 0 radical (unpaired) electrons. The summed E-state index contributed by atoms with van der Waals surface area (Å²) < 4.78 is 0. The molecule has 0 bridgehead atoms. The molecular weight excluding hydrogens is 243 g/mol. The maximum absolute atomic E-state index is 9.00. The van der Waals surface area contributed by atoms with Crippen molar-refractivity contribution in [3.63, 3.8) is 0 Å². The first-order valence-corrected chi connectivity index (χ1v) is 1.86. The van der Waals surface area contributed by atoms with Gasteiger partial charge in [-0.25, -0.2) is 0 Å². The van der Waals surface area contributed by atoms with Gasteiger partial charge in [0.1, 0.15) is 0 Å². The number of aliphatic carboxylic acids is 2. The fourth-order valence-electron chi connectivity index (χ4n) is 0. The Morgan fingerprint density at radius 3 is 0.900 bits per heavy atom. The van der Waals surface area contributed by atoms with Gasteiger partial charge in [-0.1, -0.05) is 0 Å². The molecule has 4 nitrogen and oxygen atoms in total. The van der Waals surface area contributed by atoms with Crippen LogP contribution in [0.5, 0.6) is 0 Å². The molecule has 0 saturated heterocycles. The van der Waals surface area contributed by atoms with Crippen LogP contribution in [0.4, 0.5) is 0 Å². The van der Waals surface area contributed by atoms with Crippen LogP contribution >= 0.6 is 0 Å². The Hall–Kier alpha value is 0.187. The Bertz CT molecular complexity index is 73.3. The average Bonchev–Trinajstić information content (AvgIpc) is 1.25. The predicted octanol–water partition coefficient (Wildman–Crippen LogP) is 0.177. The van der Waals surface area contributed by atoms with Gasteiger partial charge in [-0.3, -0.25) is 9.59 Å². The van der Waals surface area contributed by atoms with E-state index >= 15 is 0 Å². The van der Waals surface area contributed by atoms with E-state index in [2.05, 4.69) is 0 Å². The van der Waals surface area contributed by atoms with Gasteiger partial charge in [0.2, 0.25) is 0 Å². The van der Waals surface area contributed by atoms with Crippen LogP contribution in [0, 0.1) is 0 Å². The summed E-state index contributed by atoms with van der Waals surface area (Å²) >= 11 is 0. The maximum atomic E-state index is 9.00. The van der Waals surface area contributed by atoms with Gasteiger partial charge in [-0.2, -0.15) is 0 Å². The van der Waals surface area contributed by atoms with Crippen molar-refractivity contribution in [3.05, 3.63) is 0 Å². The van der Waals surface area contributed by atoms with Gasteiger partial charge in [-0.15, -0.1) is 0 Å². The molecule has 48 valence electrons. The Morgan fingerprint density at radius 1 is 0.900 bits per heavy atom. The molecule has 0 spiro atoms. The Kier molecular flexibility index (Phi) is 36.1. The zero-order chi connectivity index (χ0) is 7.15. The number of carbonyl (C=O) groups is 2. The molecule has 0 heterocycles. The Balaban J connectivity index is -0.0000000300. The van der Waals surface area contributed by atoms with Crippen molar-refractivity contribution in [1.29, 1.82) is 0 Å².